The van der Waals surface area contributed by atoms with Crippen molar-refractivity contribution in [1.29, 1.82) is 0 Å². The molecule has 6 fully saturated rings. The first-order valence-corrected chi connectivity index (χ1v) is 13.4. The number of nitrogens with zero attached hydrogens (tertiary/aromatic N) is 3. The average molecular weight is 446 g/mol. The Morgan fingerprint density at radius 3 is 2.42 bits per heavy atom. The number of aryl methyl sites for hydroxylation is 1. The number of hydrogen-bond acceptors (Lipinski definition) is 6. The summed E-state index contributed by atoms with van der Waals surface area (Å²) in [5.41, 5.74) is 0.606. The van der Waals surface area contributed by atoms with Crippen LogP contribution in [0, 0.1) is 36.0 Å². The molecule has 3 heterocycles. The fourth-order valence-corrected chi connectivity index (χ4v) is 10.2. The Hall–Kier alpha value is -1.70. The fraction of sp³-hybridized carbons (Fsp3) is 0.783. The van der Waals surface area contributed by atoms with Gasteiger partial charge in [-0.05, 0) is 75.7 Å². The van der Waals surface area contributed by atoms with Crippen molar-refractivity contribution >= 4 is 15.7 Å². The molecule has 6 aliphatic rings. The second-order valence-electron chi connectivity index (χ2n) is 11.0. The van der Waals surface area contributed by atoms with Gasteiger partial charge in [-0.3, -0.25) is 4.79 Å². The Morgan fingerprint density at radius 1 is 1.16 bits per heavy atom. The second-order valence-corrected chi connectivity index (χ2v) is 13.5. The van der Waals surface area contributed by atoms with Crippen LogP contribution in [0.3, 0.4) is 0 Å². The van der Waals surface area contributed by atoms with Gasteiger partial charge >= 0.3 is 6.01 Å². The summed E-state index contributed by atoms with van der Waals surface area (Å²) in [6.07, 6.45) is 9.17. The number of ether oxygens (including phenoxy) is 1. The van der Waals surface area contributed by atoms with E-state index in [4.69, 9.17) is 4.74 Å². The third-order valence-electron chi connectivity index (χ3n) is 8.98. The highest BCUT2D eigenvalue weighted by atomic mass is 32.2. The number of sulfone groups is 1. The first-order chi connectivity index (χ1) is 14.8. The second kappa shape index (κ2) is 6.65. The van der Waals surface area contributed by atoms with E-state index in [1.165, 1.54) is 19.3 Å². The number of likely N-dealkylation sites (tertiary alicyclic amines) is 1. The van der Waals surface area contributed by atoms with Gasteiger partial charge in [0.2, 0.25) is 5.91 Å². The van der Waals surface area contributed by atoms with Gasteiger partial charge < -0.3 is 9.64 Å². The zero-order chi connectivity index (χ0) is 21.4. The van der Waals surface area contributed by atoms with E-state index in [-0.39, 0.29) is 29.6 Å². The van der Waals surface area contributed by atoms with Crippen LogP contribution in [0.25, 0.3) is 0 Å². The molecular weight excluding hydrogens is 414 g/mol. The largest absolute Gasteiger partial charge is 0.463 e. The lowest BCUT2D eigenvalue weighted by molar-refractivity contribution is -0.164. The van der Waals surface area contributed by atoms with Gasteiger partial charge in [0, 0.05) is 30.9 Å². The lowest BCUT2D eigenvalue weighted by Gasteiger charge is -2.59. The molecule has 8 heteroatoms. The molecule has 1 aromatic rings. The normalized spacial score (nSPS) is 38.9. The van der Waals surface area contributed by atoms with Crippen molar-refractivity contribution in [3.05, 3.63) is 18.0 Å². The predicted molar refractivity (Wildman–Crippen MR) is 114 cm³/mol. The molecule has 1 amide bonds. The van der Waals surface area contributed by atoms with Crippen molar-refractivity contribution in [3.63, 3.8) is 0 Å². The highest BCUT2D eigenvalue weighted by molar-refractivity contribution is 7.93. The molecule has 4 saturated carbocycles. The SMILES string of the molecule is Cc1ccnc(OC[C@@H]2CCS(=O)(=O)C23CN(C(=O)C24CC5CC(CC(C5)C2)C4)C3)n1. The third kappa shape index (κ3) is 2.96. The van der Waals surface area contributed by atoms with E-state index in [0.717, 1.165) is 25.0 Å². The Kier molecular flexibility index (Phi) is 4.28. The van der Waals surface area contributed by atoms with Gasteiger partial charge in [0.25, 0.3) is 0 Å². The summed E-state index contributed by atoms with van der Waals surface area (Å²) in [7, 11) is -3.25. The maximum absolute atomic E-state index is 13.6. The number of amides is 1. The standard InChI is InChI=1S/C23H31N3O4S/c1-15-2-4-24-21(25-15)30-12-19-3-5-31(28,29)23(19)13-26(14-23)20(27)22-9-16-6-17(10-22)8-18(7-16)11-22/h2,4,16-19H,3,5-14H2,1H3/t16?,17?,18?,19-,22?/m0/s1. The van der Waals surface area contributed by atoms with Crippen LogP contribution < -0.4 is 4.74 Å². The third-order valence-corrected chi connectivity index (χ3v) is 11.6. The Labute approximate surface area is 183 Å². The summed E-state index contributed by atoms with van der Waals surface area (Å²) >= 11 is 0. The van der Waals surface area contributed by atoms with E-state index in [1.807, 2.05) is 11.8 Å². The van der Waals surface area contributed by atoms with E-state index < -0.39 is 14.6 Å². The smallest absolute Gasteiger partial charge is 0.316 e. The van der Waals surface area contributed by atoms with E-state index in [2.05, 4.69) is 9.97 Å². The molecule has 0 N–H and O–H groups in total. The molecule has 0 aromatic carbocycles. The van der Waals surface area contributed by atoms with E-state index in [9.17, 15) is 13.2 Å². The molecule has 168 valence electrons. The molecule has 7 rings (SSSR count). The van der Waals surface area contributed by atoms with Gasteiger partial charge in [-0.25, -0.2) is 18.4 Å². The fourth-order valence-electron chi connectivity index (χ4n) is 7.83. The van der Waals surface area contributed by atoms with Crippen LogP contribution in [-0.4, -0.2) is 59.4 Å². The Balaban J connectivity index is 1.17. The number of carbonyl (C=O) groups excluding carboxylic acids is 1. The molecule has 1 spiro atoms. The van der Waals surface area contributed by atoms with Crippen LogP contribution in [0.2, 0.25) is 0 Å². The summed E-state index contributed by atoms with van der Waals surface area (Å²) in [5.74, 6) is 2.40. The van der Waals surface area contributed by atoms with Crippen LogP contribution in [-0.2, 0) is 14.6 Å². The van der Waals surface area contributed by atoms with Crippen molar-refractivity contribution in [2.75, 3.05) is 25.4 Å². The number of rotatable bonds is 4. The number of aromatic nitrogens is 2. The Bertz CT molecular complexity index is 982. The minimum Gasteiger partial charge on any atom is -0.463 e. The maximum atomic E-state index is 13.6. The van der Waals surface area contributed by atoms with Crippen molar-refractivity contribution in [2.45, 2.75) is 56.6 Å². The summed E-state index contributed by atoms with van der Waals surface area (Å²) in [6.45, 7) is 2.81. The molecule has 0 unspecified atom stereocenters. The lowest BCUT2D eigenvalue weighted by Crippen LogP contribution is -2.71. The van der Waals surface area contributed by atoms with Crippen LogP contribution >= 0.6 is 0 Å². The minimum absolute atomic E-state index is 0.123. The van der Waals surface area contributed by atoms with Gasteiger partial charge in [-0.15, -0.1) is 0 Å². The summed E-state index contributed by atoms with van der Waals surface area (Å²) in [4.78, 5) is 23.9. The van der Waals surface area contributed by atoms with Crippen molar-refractivity contribution in [2.24, 2.45) is 29.1 Å². The molecule has 4 bridgehead atoms. The van der Waals surface area contributed by atoms with Gasteiger partial charge in [0.05, 0.1) is 17.8 Å². The van der Waals surface area contributed by atoms with Crippen molar-refractivity contribution in [3.8, 4) is 6.01 Å². The monoisotopic (exact) mass is 445 g/mol. The highest BCUT2D eigenvalue weighted by Crippen LogP contribution is 2.61. The molecule has 1 aromatic heterocycles. The van der Waals surface area contributed by atoms with Crippen molar-refractivity contribution < 1.29 is 17.9 Å². The highest BCUT2D eigenvalue weighted by Gasteiger charge is 2.65. The first-order valence-electron chi connectivity index (χ1n) is 11.7. The molecule has 2 aliphatic heterocycles. The minimum atomic E-state index is -3.25. The predicted octanol–water partition coefficient (Wildman–Crippen LogP) is 2.40. The molecule has 2 saturated heterocycles. The van der Waals surface area contributed by atoms with Crippen LogP contribution in [0.1, 0.15) is 50.6 Å². The number of carbonyl (C=O) groups is 1. The summed E-state index contributed by atoms with van der Waals surface area (Å²) < 4.78 is 31.0. The maximum Gasteiger partial charge on any atom is 0.316 e. The van der Waals surface area contributed by atoms with E-state index in [0.29, 0.717) is 43.3 Å². The summed E-state index contributed by atoms with van der Waals surface area (Å²) in [6, 6.07) is 2.09. The lowest BCUT2D eigenvalue weighted by atomic mass is 9.49. The van der Waals surface area contributed by atoms with Gasteiger partial charge in [0.1, 0.15) is 4.75 Å². The van der Waals surface area contributed by atoms with Gasteiger partial charge in [-0.1, -0.05) is 0 Å². The van der Waals surface area contributed by atoms with Gasteiger partial charge in [0.15, 0.2) is 9.84 Å². The summed E-state index contributed by atoms with van der Waals surface area (Å²) in [5, 5.41) is 0. The van der Waals surface area contributed by atoms with Crippen LogP contribution in [0.4, 0.5) is 0 Å². The van der Waals surface area contributed by atoms with Gasteiger partial charge in [-0.2, -0.15) is 0 Å². The zero-order valence-corrected chi connectivity index (χ0v) is 18.9. The molecule has 4 aliphatic carbocycles. The quantitative estimate of drug-likeness (QED) is 0.707. The molecular formula is C23H31N3O4S. The van der Waals surface area contributed by atoms with E-state index >= 15 is 0 Å². The Morgan fingerprint density at radius 2 is 1.81 bits per heavy atom. The molecule has 31 heavy (non-hydrogen) atoms. The topological polar surface area (TPSA) is 89.5 Å². The van der Waals surface area contributed by atoms with Crippen LogP contribution in [0.5, 0.6) is 6.01 Å². The van der Waals surface area contributed by atoms with E-state index in [1.54, 1.807) is 12.3 Å². The molecule has 1 atom stereocenters. The van der Waals surface area contributed by atoms with Crippen molar-refractivity contribution in [1.82, 2.24) is 14.9 Å². The van der Waals surface area contributed by atoms with Crippen LogP contribution in [0.15, 0.2) is 12.3 Å². The number of hydrogen-bond donors (Lipinski definition) is 0. The molecule has 0 radical (unpaired) electrons. The first kappa shape index (κ1) is 19.9. The average Bonchev–Trinajstić information content (AvgIpc) is 2.94. The molecule has 7 nitrogen and oxygen atoms in total. The zero-order valence-electron chi connectivity index (χ0n) is 18.1.